The fourth-order valence-corrected chi connectivity index (χ4v) is 10.1. The molecule has 3 N–H and O–H groups in total. The summed E-state index contributed by atoms with van der Waals surface area (Å²) in [6.07, 6.45) is 4.59. The van der Waals surface area contributed by atoms with Gasteiger partial charge >= 0.3 is 5.97 Å². The molecule has 40 heavy (non-hydrogen) atoms. The number of para-hydroxylation sites is 1. The first-order chi connectivity index (χ1) is 18.9. The molecule has 11 atom stereocenters. The Morgan fingerprint density at radius 1 is 1.05 bits per heavy atom. The predicted molar refractivity (Wildman–Crippen MR) is 151 cm³/mol. The van der Waals surface area contributed by atoms with Gasteiger partial charge in [0.2, 0.25) is 0 Å². The van der Waals surface area contributed by atoms with Gasteiger partial charge in [-0.3, -0.25) is 9.59 Å². The third kappa shape index (κ3) is 4.51. The number of carbonyl (C=O) groups excluding carboxylic acids is 2. The minimum absolute atomic E-state index is 0.0195. The summed E-state index contributed by atoms with van der Waals surface area (Å²) in [6, 6.07) is 7.04. The van der Waals surface area contributed by atoms with E-state index in [2.05, 4.69) is 20.8 Å². The number of Topliss-reactive ketones (excluding diaryl/α,β-unsaturated/α-hetero) is 1. The van der Waals surface area contributed by atoms with E-state index in [4.69, 9.17) is 9.47 Å². The van der Waals surface area contributed by atoms with Crippen LogP contribution in [-0.2, 0) is 9.53 Å². The highest BCUT2D eigenvalue weighted by Gasteiger charge is 2.66. The molecule has 0 radical (unpaired) electrons. The second-order valence-corrected chi connectivity index (χ2v) is 14.0. The first-order valence-electron chi connectivity index (χ1n) is 15.2. The minimum atomic E-state index is -1.50. The molecule has 0 saturated heterocycles. The van der Waals surface area contributed by atoms with Gasteiger partial charge in [0, 0.05) is 6.42 Å². The summed E-state index contributed by atoms with van der Waals surface area (Å²) in [5, 5.41) is 35.3. The largest absolute Gasteiger partial charge is 0.496 e. The molecule has 0 heterocycles. The number of hydrogen-bond donors (Lipinski definition) is 3. The Morgan fingerprint density at radius 3 is 2.48 bits per heavy atom. The molecule has 222 valence electrons. The van der Waals surface area contributed by atoms with Crippen molar-refractivity contribution < 1.29 is 34.4 Å². The van der Waals surface area contributed by atoms with Crippen molar-refractivity contribution in [2.24, 2.45) is 46.3 Å². The molecular weight excluding hydrogens is 508 g/mol. The van der Waals surface area contributed by atoms with Gasteiger partial charge < -0.3 is 24.8 Å². The van der Waals surface area contributed by atoms with Gasteiger partial charge in [-0.25, -0.2) is 0 Å². The van der Waals surface area contributed by atoms with Gasteiger partial charge in [0.05, 0.1) is 32.0 Å². The molecule has 1 aromatic carbocycles. The van der Waals surface area contributed by atoms with Crippen molar-refractivity contribution in [2.75, 3.05) is 14.2 Å². The summed E-state index contributed by atoms with van der Waals surface area (Å²) < 4.78 is 10.3. The highest BCUT2D eigenvalue weighted by Crippen LogP contribution is 2.69. The molecule has 7 nitrogen and oxygen atoms in total. The lowest BCUT2D eigenvalue weighted by atomic mass is 9.42. The summed E-state index contributed by atoms with van der Waals surface area (Å²) in [4.78, 5) is 25.5. The maximum Gasteiger partial charge on any atom is 0.305 e. The van der Waals surface area contributed by atoms with Gasteiger partial charge in [0.15, 0.2) is 5.78 Å². The fourth-order valence-electron chi connectivity index (χ4n) is 10.1. The van der Waals surface area contributed by atoms with E-state index < -0.39 is 17.8 Å². The molecule has 0 bridgehead atoms. The van der Waals surface area contributed by atoms with Crippen molar-refractivity contribution in [3.8, 4) is 5.75 Å². The molecule has 4 saturated carbocycles. The summed E-state index contributed by atoms with van der Waals surface area (Å²) in [5.41, 5.74) is -1.59. The number of methoxy groups -OCH3 is 2. The first-order valence-corrected chi connectivity index (χ1v) is 15.2. The highest BCUT2D eigenvalue weighted by molar-refractivity contribution is 6.04. The van der Waals surface area contributed by atoms with Crippen molar-refractivity contribution in [2.45, 2.75) is 96.4 Å². The Kier molecular flexibility index (Phi) is 7.90. The SMILES string of the molecule is COC(=O)CC[C@@H](C)[C@H]1CC[C@H]2[C@@H]3[C@H](O)C[C@@H]4C[C@@](O)(C(=O)c5ccccc5OC)CC[C@]4(C)[C@H]3C[C@H](O)[C@]12C. The van der Waals surface area contributed by atoms with Crippen molar-refractivity contribution >= 4 is 11.8 Å². The van der Waals surface area contributed by atoms with E-state index >= 15 is 0 Å². The number of ether oxygens (including phenoxy) is 2. The Morgan fingerprint density at radius 2 is 1.77 bits per heavy atom. The number of ketones is 1. The van der Waals surface area contributed by atoms with Crippen LogP contribution in [0.3, 0.4) is 0 Å². The van der Waals surface area contributed by atoms with Crippen LogP contribution in [0.4, 0.5) is 0 Å². The number of aliphatic hydroxyl groups excluding tert-OH is 2. The number of fused-ring (bicyclic) bond motifs is 5. The Hall–Kier alpha value is -1.96. The standard InChI is InChI=1S/C33H48O7/c1-19(10-13-28(36)40-5)22-11-12-23-29-24(17-27(35)32(22,23)3)31(2)14-15-33(38,18-20(31)16-25(29)34)30(37)21-8-6-7-9-26(21)39-4/h6-9,19-20,22-25,27,29,34-35,38H,10-18H2,1-5H3/t19-,20-,22-,23+,24+,25-,27+,29+,31+,32-,33-/m1/s1. The topological polar surface area (TPSA) is 113 Å². The summed E-state index contributed by atoms with van der Waals surface area (Å²) in [5.74, 6) is 0.918. The lowest BCUT2D eigenvalue weighted by Crippen LogP contribution is -2.63. The van der Waals surface area contributed by atoms with Gasteiger partial charge in [-0.05, 0) is 110 Å². The van der Waals surface area contributed by atoms with E-state index in [0.29, 0.717) is 49.8 Å². The van der Waals surface area contributed by atoms with Crippen LogP contribution < -0.4 is 4.74 Å². The smallest absolute Gasteiger partial charge is 0.305 e. The molecule has 0 aromatic heterocycles. The van der Waals surface area contributed by atoms with Gasteiger partial charge in [-0.2, -0.15) is 0 Å². The van der Waals surface area contributed by atoms with Crippen LogP contribution in [-0.4, -0.2) is 59.1 Å². The molecule has 0 aliphatic heterocycles. The summed E-state index contributed by atoms with van der Waals surface area (Å²) in [7, 11) is 2.95. The molecule has 4 aliphatic rings. The molecule has 0 spiro atoms. The van der Waals surface area contributed by atoms with Crippen molar-refractivity contribution in [3.05, 3.63) is 29.8 Å². The zero-order valence-corrected chi connectivity index (χ0v) is 24.8. The zero-order chi connectivity index (χ0) is 29.0. The van der Waals surface area contributed by atoms with Gasteiger partial charge in [-0.15, -0.1) is 0 Å². The van der Waals surface area contributed by atoms with Crippen LogP contribution in [0.1, 0.15) is 88.9 Å². The van der Waals surface area contributed by atoms with Crippen molar-refractivity contribution in [3.63, 3.8) is 0 Å². The lowest BCUT2D eigenvalue weighted by Gasteiger charge is -2.64. The maximum atomic E-state index is 13.6. The second kappa shape index (κ2) is 10.7. The van der Waals surface area contributed by atoms with Crippen LogP contribution >= 0.6 is 0 Å². The second-order valence-electron chi connectivity index (χ2n) is 14.0. The Balaban J connectivity index is 1.37. The monoisotopic (exact) mass is 556 g/mol. The zero-order valence-electron chi connectivity index (χ0n) is 24.8. The molecule has 4 fully saturated rings. The third-order valence-corrected chi connectivity index (χ3v) is 12.4. The van der Waals surface area contributed by atoms with E-state index in [-0.39, 0.29) is 58.1 Å². The van der Waals surface area contributed by atoms with E-state index in [1.165, 1.54) is 14.2 Å². The quantitative estimate of drug-likeness (QED) is 0.327. The summed E-state index contributed by atoms with van der Waals surface area (Å²) >= 11 is 0. The average Bonchev–Trinajstić information content (AvgIpc) is 3.31. The van der Waals surface area contributed by atoms with Crippen LogP contribution in [0.25, 0.3) is 0 Å². The molecule has 1 aromatic rings. The third-order valence-electron chi connectivity index (χ3n) is 12.4. The van der Waals surface area contributed by atoms with Gasteiger partial charge in [0.25, 0.3) is 0 Å². The average molecular weight is 557 g/mol. The number of aliphatic hydroxyl groups is 3. The Labute approximate surface area is 238 Å². The molecule has 0 unspecified atom stereocenters. The van der Waals surface area contributed by atoms with E-state index in [1.807, 2.05) is 6.07 Å². The molecule has 7 heteroatoms. The van der Waals surface area contributed by atoms with E-state index in [0.717, 1.165) is 19.3 Å². The predicted octanol–water partition coefficient (Wildman–Crippen LogP) is 4.80. The first kappa shape index (κ1) is 29.5. The molecule has 0 amide bonds. The van der Waals surface area contributed by atoms with Crippen LogP contribution in [0.2, 0.25) is 0 Å². The number of benzene rings is 1. The Bertz CT molecular complexity index is 1120. The highest BCUT2D eigenvalue weighted by atomic mass is 16.5. The summed E-state index contributed by atoms with van der Waals surface area (Å²) in [6.45, 7) is 6.68. The number of esters is 1. The van der Waals surface area contributed by atoms with E-state index in [1.54, 1.807) is 18.2 Å². The number of hydrogen-bond acceptors (Lipinski definition) is 7. The van der Waals surface area contributed by atoms with Crippen LogP contribution in [0.5, 0.6) is 5.75 Å². The molecule has 5 rings (SSSR count). The van der Waals surface area contributed by atoms with E-state index in [9.17, 15) is 24.9 Å². The normalized spacial score (nSPS) is 43.1. The van der Waals surface area contributed by atoms with Crippen molar-refractivity contribution in [1.82, 2.24) is 0 Å². The molecular formula is C33H48O7. The van der Waals surface area contributed by atoms with Crippen molar-refractivity contribution in [1.29, 1.82) is 0 Å². The van der Waals surface area contributed by atoms with Crippen LogP contribution in [0.15, 0.2) is 24.3 Å². The van der Waals surface area contributed by atoms with Crippen LogP contribution in [0, 0.1) is 46.3 Å². The maximum absolute atomic E-state index is 13.6. The molecule has 4 aliphatic carbocycles. The number of carbonyl (C=O) groups is 2. The lowest BCUT2D eigenvalue weighted by molar-refractivity contribution is -0.211. The number of rotatable bonds is 7. The van der Waals surface area contributed by atoms with Gasteiger partial charge in [-0.1, -0.05) is 32.9 Å². The van der Waals surface area contributed by atoms with Gasteiger partial charge in [0.1, 0.15) is 11.4 Å². The minimum Gasteiger partial charge on any atom is -0.496 e. The fraction of sp³-hybridized carbons (Fsp3) is 0.758.